The number of anilines is 1. The average molecular weight is 339 g/mol. The monoisotopic (exact) mass is 339 g/mol. The summed E-state index contributed by atoms with van der Waals surface area (Å²) in [6, 6.07) is 17.0. The fourth-order valence-electron chi connectivity index (χ4n) is 2.78. The molecule has 1 aliphatic rings. The Hall–Kier alpha value is -3.02. The Kier molecular flexibility index (Phi) is 5.18. The Labute approximate surface area is 146 Å². The summed E-state index contributed by atoms with van der Waals surface area (Å²) >= 11 is 0. The van der Waals surface area contributed by atoms with Gasteiger partial charge in [-0.15, -0.1) is 0 Å². The lowest BCUT2D eigenvalue weighted by atomic mass is 10.1. The zero-order chi connectivity index (χ0) is 17.6. The van der Waals surface area contributed by atoms with Gasteiger partial charge in [-0.1, -0.05) is 42.5 Å². The summed E-state index contributed by atoms with van der Waals surface area (Å²) in [6.07, 6.45) is 0.0250. The van der Waals surface area contributed by atoms with Crippen LogP contribution >= 0.6 is 0 Å². The molecule has 0 aliphatic carbocycles. The van der Waals surface area contributed by atoms with Gasteiger partial charge in [0.25, 0.3) is 5.91 Å². The Morgan fingerprint density at radius 2 is 1.84 bits per heavy atom. The second-order valence-electron chi connectivity index (χ2n) is 5.77. The molecular weight excluding hydrogens is 318 g/mol. The van der Waals surface area contributed by atoms with Crippen molar-refractivity contribution in [3.8, 4) is 5.75 Å². The molecule has 2 aromatic rings. The second-order valence-corrected chi connectivity index (χ2v) is 5.77. The fraction of sp³-hybridized carbons (Fsp3) is 0.263. The van der Waals surface area contributed by atoms with Crippen LogP contribution < -0.4 is 20.3 Å². The molecule has 0 fully saturated rings. The number of hydrogen-bond donors (Lipinski definition) is 2. The molecule has 3 rings (SSSR count). The van der Waals surface area contributed by atoms with Gasteiger partial charge in [0.1, 0.15) is 5.75 Å². The zero-order valence-corrected chi connectivity index (χ0v) is 14.1. The van der Waals surface area contributed by atoms with Crippen molar-refractivity contribution in [1.82, 2.24) is 10.6 Å². The van der Waals surface area contributed by atoms with Crippen LogP contribution in [0, 0.1) is 0 Å². The van der Waals surface area contributed by atoms with Crippen molar-refractivity contribution in [2.24, 2.45) is 0 Å². The predicted octanol–water partition coefficient (Wildman–Crippen LogP) is 1.95. The summed E-state index contributed by atoms with van der Waals surface area (Å²) in [5.74, 6) is 0.275. The average Bonchev–Trinajstić information content (AvgIpc) is 2.67. The molecular formula is C19H21N3O3. The molecule has 6 nitrogen and oxygen atoms in total. The Morgan fingerprint density at radius 1 is 1.12 bits per heavy atom. The standard InChI is InChI=1S/C19H21N3O3/c1-20-18(23)17-13-22(15-9-5-6-10-16(15)25-17)19(24)21-12-11-14-7-3-2-4-8-14/h2-10,17H,11-13H2,1H3,(H,20,23)(H,21,24). The molecule has 1 aliphatic heterocycles. The number of amides is 3. The maximum atomic E-state index is 12.6. The number of ether oxygens (including phenoxy) is 1. The number of para-hydroxylation sites is 2. The van der Waals surface area contributed by atoms with Gasteiger partial charge in [0, 0.05) is 13.6 Å². The summed E-state index contributed by atoms with van der Waals surface area (Å²) in [5.41, 5.74) is 1.83. The lowest BCUT2D eigenvalue weighted by Gasteiger charge is -2.33. The molecule has 3 amide bonds. The number of nitrogens with one attached hydrogen (secondary N) is 2. The van der Waals surface area contributed by atoms with E-state index in [9.17, 15) is 9.59 Å². The molecule has 6 heteroatoms. The van der Waals surface area contributed by atoms with Gasteiger partial charge in [-0.2, -0.15) is 0 Å². The van der Waals surface area contributed by atoms with Gasteiger partial charge in [0.2, 0.25) is 0 Å². The zero-order valence-electron chi connectivity index (χ0n) is 14.1. The number of fused-ring (bicyclic) bond motifs is 1. The van der Waals surface area contributed by atoms with E-state index in [1.54, 1.807) is 18.0 Å². The molecule has 0 saturated heterocycles. The van der Waals surface area contributed by atoms with Gasteiger partial charge < -0.3 is 15.4 Å². The first-order valence-electron chi connectivity index (χ1n) is 8.25. The third-order valence-corrected chi connectivity index (χ3v) is 4.09. The van der Waals surface area contributed by atoms with E-state index in [-0.39, 0.29) is 18.5 Å². The number of benzene rings is 2. The van der Waals surface area contributed by atoms with Crippen molar-refractivity contribution in [3.05, 3.63) is 60.2 Å². The summed E-state index contributed by atoms with van der Waals surface area (Å²) in [6.45, 7) is 0.695. The van der Waals surface area contributed by atoms with Crippen LogP contribution in [0.15, 0.2) is 54.6 Å². The quantitative estimate of drug-likeness (QED) is 0.894. The van der Waals surface area contributed by atoms with Crippen LogP contribution in [0.4, 0.5) is 10.5 Å². The van der Waals surface area contributed by atoms with Crippen LogP contribution in [0.5, 0.6) is 5.75 Å². The summed E-state index contributed by atoms with van der Waals surface area (Å²) in [7, 11) is 1.55. The number of likely N-dealkylation sites (N-methyl/N-ethyl adjacent to an activating group) is 1. The van der Waals surface area contributed by atoms with Crippen LogP contribution in [0.25, 0.3) is 0 Å². The fourth-order valence-corrected chi connectivity index (χ4v) is 2.78. The number of urea groups is 1. The minimum atomic E-state index is -0.722. The molecule has 2 N–H and O–H groups in total. The van der Waals surface area contributed by atoms with Crippen LogP contribution in [0.1, 0.15) is 5.56 Å². The largest absolute Gasteiger partial charge is 0.477 e. The van der Waals surface area contributed by atoms with E-state index in [0.717, 1.165) is 12.0 Å². The van der Waals surface area contributed by atoms with Crippen LogP contribution in [0.2, 0.25) is 0 Å². The third kappa shape index (κ3) is 3.91. The van der Waals surface area contributed by atoms with Crippen molar-refractivity contribution in [2.45, 2.75) is 12.5 Å². The lowest BCUT2D eigenvalue weighted by Crippen LogP contribution is -2.52. The molecule has 0 saturated carbocycles. The van der Waals surface area contributed by atoms with Crippen LogP contribution in [-0.2, 0) is 11.2 Å². The molecule has 1 atom stereocenters. The SMILES string of the molecule is CNC(=O)C1CN(C(=O)NCCc2ccccc2)c2ccccc2O1. The number of hydrogen-bond acceptors (Lipinski definition) is 3. The van der Waals surface area contributed by atoms with E-state index in [1.165, 1.54) is 0 Å². The highest BCUT2D eigenvalue weighted by Gasteiger charge is 2.33. The predicted molar refractivity (Wildman–Crippen MR) is 95.8 cm³/mol. The molecule has 25 heavy (non-hydrogen) atoms. The van der Waals surface area contributed by atoms with E-state index >= 15 is 0 Å². The van der Waals surface area contributed by atoms with Crippen molar-refractivity contribution >= 4 is 17.6 Å². The molecule has 1 unspecified atom stereocenters. The van der Waals surface area contributed by atoms with Gasteiger partial charge in [-0.25, -0.2) is 4.79 Å². The highest BCUT2D eigenvalue weighted by molar-refractivity contribution is 5.96. The Bertz CT molecular complexity index is 749. The van der Waals surface area contributed by atoms with Crippen molar-refractivity contribution in [2.75, 3.05) is 25.0 Å². The van der Waals surface area contributed by atoms with Crippen LogP contribution in [-0.4, -0.2) is 38.2 Å². The number of carbonyl (C=O) groups is 2. The van der Waals surface area contributed by atoms with Gasteiger partial charge in [0.15, 0.2) is 6.10 Å². The third-order valence-electron chi connectivity index (χ3n) is 4.09. The summed E-state index contributed by atoms with van der Waals surface area (Å²) < 4.78 is 5.71. The Morgan fingerprint density at radius 3 is 2.60 bits per heavy atom. The van der Waals surface area contributed by atoms with Gasteiger partial charge in [-0.05, 0) is 24.1 Å². The van der Waals surface area contributed by atoms with Crippen LogP contribution in [0.3, 0.4) is 0 Å². The van der Waals surface area contributed by atoms with E-state index < -0.39 is 6.10 Å². The molecule has 2 aromatic carbocycles. The first-order valence-corrected chi connectivity index (χ1v) is 8.25. The molecule has 1 heterocycles. The molecule has 0 radical (unpaired) electrons. The first-order chi connectivity index (χ1) is 12.2. The van der Waals surface area contributed by atoms with Crippen molar-refractivity contribution < 1.29 is 14.3 Å². The summed E-state index contributed by atoms with van der Waals surface area (Å²) in [5, 5.41) is 5.49. The van der Waals surface area contributed by atoms with Gasteiger partial charge in [0.05, 0.1) is 12.2 Å². The minimum absolute atomic E-state index is 0.174. The highest BCUT2D eigenvalue weighted by Crippen LogP contribution is 2.33. The number of rotatable bonds is 4. The minimum Gasteiger partial charge on any atom is -0.477 e. The highest BCUT2D eigenvalue weighted by atomic mass is 16.5. The van der Waals surface area contributed by atoms with Crippen molar-refractivity contribution in [1.29, 1.82) is 0 Å². The molecule has 130 valence electrons. The normalized spacial score (nSPS) is 15.7. The van der Waals surface area contributed by atoms with Gasteiger partial charge in [-0.3, -0.25) is 9.69 Å². The summed E-state index contributed by atoms with van der Waals surface area (Å²) in [4.78, 5) is 26.1. The van der Waals surface area contributed by atoms with Crippen molar-refractivity contribution in [3.63, 3.8) is 0 Å². The van der Waals surface area contributed by atoms with E-state index in [2.05, 4.69) is 10.6 Å². The molecule has 0 bridgehead atoms. The van der Waals surface area contributed by atoms with E-state index in [0.29, 0.717) is 18.0 Å². The second kappa shape index (κ2) is 7.70. The molecule has 0 spiro atoms. The van der Waals surface area contributed by atoms with E-state index in [4.69, 9.17) is 4.74 Å². The topological polar surface area (TPSA) is 70.7 Å². The maximum Gasteiger partial charge on any atom is 0.322 e. The van der Waals surface area contributed by atoms with E-state index in [1.807, 2.05) is 48.5 Å². The maximum absolute atomic E-state index is 12.6. The smallest absolute Gasteiger partial charge is 0.322 e. The van der Waals surface area contributed by atoms with Gasteiger partial charge >= 0.3 is 6.03 Å². The lowest BCUT2D eigenvalue weighted by molar-refractivity contribution is -0.127. The first kappa shape index (κ1) is 16.8. The Balaban J connectivity index is 1.68. The number of carbonyl (C=O) groups excluding carboxylic acids is 2. The number of nitrogens with zero attached hydrogens (tertiary/aromatic N) is 1. The molecule has 0 aromatic heterocycles.